The molecule has 4 heteroatoms. The highest BCUT2D eigenvalue weighted by Gasteiger charge is 2.08. The van der Waals surface area contributed by atoms with Gasteiger partial charge in [0.15, 0.2) is 0 Å². The van der Waals surface area contributed by atoms with E-state index in [9.17, 15) is 4.79 Å². The minimum atomic E-state index is -0.458. The zero-order valence-electron chi connectivity index (χ0n) is 11.3. The van der Waals surface area contributed by atoms with Gasteiger partial charge in [-0.2, -0.15) is 0 Å². The lowest BCUT2D eigenvalue weighted by Crippen LogP contribution is -2.13. The van der Waals surface area contributed by atoms with Gasteiger partial charge in [0.25, 0.3) is 0 Å². The van der Waals surface area contributed by atoms with Gasteiger partial charge in [0.05, 0.1) is 10.7 Å². The van der Waals surface area contributed by atoms with Crippen LogP contribution < -0.4 is 11.1 Å². The number of hydrogen-bond donors (Lipinski definition) is 2. The van der Waals surface area contributed by atoms with E-state index in [0.29, 0.717) is 16.5 Å². The molecule has 0 aliphatic heterocycles. The molecule has 104 valence electrons. The van der Waals surface area contributed by atoms with Gasteiger partial charge in [-0.05, 0) is 29.7 Å². The highest BCUT2D eigenvalue weighted by molar-refractivity contribution is 6.33. The maximum Gasteiger partial charge on any atom is 0.248 e. The predicted molar refractivity (Wildman–Crippen MR) is 83.3 cm³/mol. The largest absolute Gasteiger partial charge is 0.383 e. The van der Waals surface area contributed by atoms with Crippen LogP contribution in [0.3, 0.4) is 0 Å². The Hall–Kier alpha value is -2.00. The van der Waals surface area contributed by atoms with E-state index in [4.69, 9.17) is 17.3 Å². The first-order valence-electron chi connectivity index (χ1n) is 6.46. The van der Waals surface area contributed by atoms with Gasteiger partial charge in [-0.1, -0.05) is 48.9 Å². The highest BCUT2D eigenvalue weighted by Crippen LogP contribution is 2.24. The average Bonchev–Trinajstić information content (AvgIpc) is 2.46. The number of anilines is 1. The van der Waals surface area contributed by atoms with E-state index in [1.165, 1.54) is 5.56 Å². The van der Waals surface area contributed by atoms with Gasteiger partial charge in [0.1, 0.15) is 0 Å². The number of nitrogens with one attached hydrogen (secondary N) is 1. The molecular weight excluding hydrogens is 272 g/mol. The third-order valence-corrected chi connectivity index (χ3v) is 3.55. The van der Waals surface area contributed by atoms with Crippen LogP contribution in [0.25, 0.3) is 0 Å². The molecule has 2 aromatic rings. The molecule has 0 spiro atoms. The van der Waals surface area contributed by atoms with E-state index in [1.54, 1.807) is 18.2 Å². The van der Waals surface area contributed by atoms with Gasteiger partial charge in [-0.15, -0.1) is 0 Å². The molecule has 1 unspecified atom stereocenters. The number of carbonyl (C=O) groups excluding carboxylic acids is 1. The fourth-order valence-corrected chi connectivity index (χ4v) is 2.16. The van der Waals surface area contributed by atoms with Crippen molar-refractivity contribution in [3.05, 3.63) is 64.7 Å². The van der Waals surface area contributed by atoms with Gasteiger partial charge in [0, 0.05) is 12.1 Å². The molecule has 3 N–H and O–H groups in total. The van der Waals surface area contributed by atoms with Gasteiger partial charge < -0.3 is 11.1 Å². The summed E-state index contributed by atoms with van der Waals surface area (Å²) in [6.45, 7) is 2.86. The summed E-state index contributed by atoms with van der Waals surface area (Å²) < 4.78 is 0. The summed E-state index contributed by atoms with van der Waals surface area (Å²) in [6.07, 6.45) is 0. The Labute approximate surface area is 123 Å². The maximum atomic E-state index is 11.2. The van der Waals surface area contributed by atoms with E-state index >= 15 is 0 Å². The Bertz CT molecular complexity index is 599. The van der Waals surface area contributed by atoms with E-state index < -0.39 is 5.91 Å². The number of halogens is 1. The number of hydrogen-bond acceptors (Lipinski definition) is 2. The first-order valence-corrected chi connectivity index (χ1v) is 6.84. The van der Waals surface area contributed by atoms with Crippen LogP contribution in [0.5, 0.6) is 0 Å². The van der Waals surface area contributed by atoms with Gasteiger partial charge >= 0.3 is 0 Å². The Morgan fingerprint density at radius 2 is 1.95 bits per heavy atom. The Kier molecular flexibility index (Phi) is 4.64. The standard InChI is InChI=1S/C16H17ClN2O/c1-11(12-5-3-2-4-6-12)10-19-15-9-13(16(18)20)7-8-14(15)17/h2-9,11,19H,10H2,1H3,(H2,18,20). The van der Waals surface area contributed by atoms with E-state index in [2.05, 4.69) is 24.4 Å². The molecule has 20 heavy (non-hydrogen) atoms. The van der Waals surface area contributed by atoms with Crippen LogP contribution >= 0.6 is 11.6 Å². The van der Waals surface area contributed by atoms with Crippen LogP contribution in [0, 0.1) is 0 Å². The summed E-state index contributed by atoms with van der Waals surface area (Å²) in [7, 11) is 0. The van der Waals surface area contributed by atoms with Crippen molar-refractivity contribution < 1.29 is 4.79 Å². The summed E-state index contributed by atoms with van der Waals surface area (Å²) in [5.74, 6) is -0.120. The summed E-state index contributed by atoms with van der Waals surface area (Å²) in [4.78, 5) is 11.2. The molecule has 3 nitrogen and oxygen atoms in total. The molecular formula is C16H17ClN2O. The third kappa shape index (κ3) is 3.52. The zero-order valence-corrected chi connectivity index (χ0v) is 12.0. The fourth-order valence-electron chi connectivity index (χ4n) is 1.98. The van der Waals surface area contributed by atoms with Crippen molar-refractivity contribution in [3.8, 4) is 0 Å². The van der Waals surface area contributed by atoms with Gasteiger partial charge in [-0.25, -0.2) is 0 Å². The van der Waals surface area contributed by atoms with Crippen LogP contribution in [0.4, 0.5) is 5.69 Å². The first-order chi connectivity index (χ1) is 9.58. The number of rotatable bonds is 5. The molecule has 2 rings (SSSR count). The molecule has 0 fully saturated rings. The van der Waals surface area contributed by atoms with Crippen molar-refractivity contribution in [2.45, 2.75) is 12.8 Å². The fraction of sp³-hybridized carbons (Fsp3) is 0.188. The summed E-state index contributed by atoms with van der Waals surface area (Å²) in [6, 6.07) is 15.2. The lowest BCUT2D eigenvalue weighted by atomic mass is 10.0. The lowest BCUT2D eigenvalue weighted by molar-refractivity contribution is 0.100. The van der Waals surface area contributed by atoms with Crippen LogP contribution in [0.15, 0.2) is 48.5 Å². The number of benzene rings is 2. The quantitative estimate of drug-likeness (QED) is 0.882. The molecule has 0 aliphatic rings. The summed E-state index contributed by atoms with van der Waals surface area (Å²) in [5.41, 5.74) is 7.70. The SMILES string of the molecule is CC(CNc1cc(C(N)=O)ccc1Cl)c1ccccc1. The molecule has 0 saturated carbocycles. The number of nitrogens with two attached hydrogens (primary N) is 1. The smallest absolute Gasteiger partial charge is 0.248 e. The Morgan fingerprint density at radius 1 is 1.25 bits per heavy atom. The number of amides is 1. The second kappa shape index (κ2) is 6.44. The van der Waals surface area contributed by atoms with Gasteiger partial charge in [-0.3, -0.25) is 4.79 Å². The van der Waals surface area contributed by atoms with Crippen molar-refractivity contribution >= 4 is 23.2 Å². The van der Waals surface area contributed by atoms with Crippen molar-refractivity contribution in [1.82, 2.24) is 0 Å². The molecule has 0 heterocycles. The monoisotopic (exact) mass is 288 g/mol. The minimum Gasteiger partial charge on any atom is -0.383 e. The predicted octanol–water partition coefficient (Wildman–Crippen LogP) is 3.65. The maximum absolute atomic E-state index is 11.2. The van der Waals surface area contributed by atoms with Crippen LogP contribution in [-0.2, 0) is 0 Å². The number of carbonyl (C=O) groups is 1. The average molecular weight is 289 g/mol. The van der Waals surface area contributed by atoms with Crippen molar-refractivity contribution in [3.63, 3.8) is 0 Å². The topological polar surface area (TPSA) is 55.1 Å². The molecule has 0 aliphatic carbocycles. The van der Waals surface area contributed by atoms with Crippen molar-refractivity contribution in [2.24, 2.45) is 5.73 Å². The first kappa shape index (κ1) is 14.4. The molecule has 1 amide bonds. The third-order valence-electron chi connectivity index (χ3n) is 3.22. The second-order valence-electron chi connectivity index (χ2n) is 4.75. The molecule has 0 saturated heterocycles. The van der Waals surface area contributed by atoms with E-state index in [1.807, 2.05) is 18.2 Å². The molecule has 0 aromatic heterocycles. The van der Waals surface area contributed by atoms with Crippen molar-refractivity contribution in [1.29, 1.82) is 0 Å². The van der Waals surface area contributed by atoms with Crippen molar-refractivity contribution in [2.75, 3.05) is 11.9 Å². The summed E-state index contributed by atoms with van der Waals surface area (Å²) in [5, 5.41) is 3.85. The Balaban J connectivity index is 2.07. The van der Waals surface area contributed by atoms with Crippen LogP contribution in [0.2, 0.25) is 5.02 Å². The second-order valence-corrected chi connectivity index (χ2v) is 5.16. The van der Waals surface area contributed by atoms with E-state index in [0.717, 1.165) is 12.2 Å². The van der Waals surface area contributed by atoms with Gasteiger partial charge in [0.2, 0.25) is 5.91 Å². The normalized spacial score (nSPS) is 11.9. The Morgan fingerprint density at radius 3 is 2.60 bits per heavy atom. The minimum absolute atomic E-state index is 0.338. The highest BCUT2D eigenvalue weighted by atomic mass is 35.5. The lowest BCUT2D eigenvalue weighted by Gasteiger charge is -2.15. The summed E-state index contributed by atoms with van der Waals surface area (Å²) >= 11 is 6.12. The molecule has 0 bridgehead atoms. The van der Waals surface area contributed by atoms with E-state index in [-0.39, 0.29) is 0 Å². The molecule has 0 radical (unpaired) electrons. The van der Waals surface area contributed by atoms with Crippen LogP contribution in [0.1, 0.15) is 28.8 Å². The zero-order chi connectivity index (χ0) is 14.5. The number of primary amides is 1. The molecule has 1 atom stereocenters. The van der Waals surface area contributed by atoms with Crippen LogP contribution in [-0.4, -0.2) is 12.5 Å². The molecule has 2 aromatic carbocycles.